The van der Waals surface area contributed by atoms with E-state index in [1.807, 2.05) is 18.5 Å². The molecule has 2 aromatic rings. The van der Waals surface area contributed by atoms with E-state index in [-0.39, 0.29) is 18.0 Å². The number of halogens is 1. The largest absolute Gasteiger partial charge is 0.476 e. The van der Waals surface area contributed by atoms with E-state index in [2.05, 4.69) is 31.4 Å². The first-order valence-corrected chi connectivity index (χ1v) is 7.90. The fourth-order valence-corrected chi connectivity index (χ4v) is 2.38. The lowest BCUT2D eigenvalue weighted by atomic mass is 10.4. The van der Waals surface area contributed by atoms with Gasteiger partial charge in [0.2, 0.25) is 5.91 Å². The van der Waals surface area contributed by atoms with Crippen LogP contribution in [0.25, 0.3) is 0 Å². The number of carboxylic acids is 1. The molecule has 0 aliphatic rings. The van der Waals surface area contributed by atoms with Crippen LogP contribution in [0.3, 0.4) is 0 Å². The summed E-state index contributed by atoms with van der Waals surface area (Å²) in [5, 5.41) is 19.8. The highest BCUT2D eigenvalue weighted by atomic mass is 79.9. The lowest BCUT2D eigenvalue weighted by Crippen LogP contribution is -2.28. The fraction of sp³-hybridized carbons (Fsp3) is 0.429. The zero-order chi connectivity index (χ0) is 17.0. The van der Waals surface area contributed by atoms with Gasteiger partial charge in [-0.15, -0.1) is 0 Å². The molecular formula is C14H18BrN5O3. The number of nitrogens with zero attached hydrogens (tertiary/aromatic N) is 4. The number of carbonyl (C=O) groups is 2. The monoisotopic (exact) mass is 383 g/mol. The molecule has 1 amide bonds. The Kier molecular flexibility index (Phi) is 5.54. The predicted molar refractivity (Wildman–Crippen MR) is 86.2 cm³/mol. The van der Waals surface area contributed by atoms with Gasteiger partial charge in [-0.2, -0.15) is 10.2 Å². The van der Waals surface area contributed by atoms with Crippen molar-refractivity contribution in [1.82, 2.24) is 24.9 Å². The Morgan fingerprint density at radius 3 is 2.61 bits per heavy atom. The summed E-state index contributed by atoms with van der Waals surface area (Å²) < 4.78 is 4.27. The molecule has 0 saturated carbocycles. The van der Waals surface area contributed by atoms with E-state index in [0.29, 0.717) is 19.6 Å². The number of aromatic nitrogens is 4. The van der Waals surface area contributed by atoms with Crippen molar-refractivity contribution in [2.75, 3.05) is 6.54 Å². The van der Waals surface area contributed by atoms with E-state index in [9.17, 15) is 9.59 Å². The lowest BCUT2D eigenvalue weighted by molar-refractivity contribution is -0.121. The average Bonchev–Trinajstić information content (AvgIpc) is 3.07. The Morgan fingerprint density at radius 1 is 1.30 bits per heavy atom. The highest BCUT2D eigenvalue weighted by molar-refractivity contribution is 9.10. The summed E-state index contributed by atoms with van der Waals surface area (Å²) in [6.07, 6.45) is 1.78. The standard InChI is InChI=1S/C14H18BrN5O3/c1-9-13(15)10(2)20(17-9)8-5-16-12(21)4-7-19-6-3-11(18-19)14(22)23/h3,6H,4-5,7-8H2,1-2H3,(H,16,21)(H,22,23). The Balaban J connectivity index is 1.74. The molecule has 2 heterocycles. The predicted octanol–water partition coefficient (Wildman–Crippen LogP) is 1.36. The molecule has 0 bridgehead atoms. The Labute approximate surface area is 141 Å². The molecule has 0 radical (unpaired) electrons. The van der Waals surface area contributed by atoms with Crippen molar-refractivity contribution in [2.24, 2.45) is 0 Å². The van der Waals surface area contributed by atoms with Gasteiger partial charge in [-0.25, -0.2) is 4.79 Å². The molecule has 0 aromatic carbocycles. The molecule has 9 heteroatoms. The van der Waals surface area contributed by atoms with E-state index in [1.54, 1.807) is 6.20 Å². The first-order chi connectivity index (χ1) is 10.9. The summed E-state index contributed by atoms with van der Waals surface area (Å²) in [6.45, 7) is 5.29. The summed E-state index contributed by atoms with van der Waals surface area (Å²) in [6, 6.07) is 1.40. The van der Waals surface area contributed by atoms with Crippen LogP contribution in [-0.2, 0) is 17.9 Å². The number of hydrogen-bond donors (Lipinski definition) is 2. The maximum Gasteiger partial charge on any atom is 0.356 e. The summed E-state index contributed by atoms with van der Waals surface area (Å²) in [5.41, 5.74) is 1.91. The first kappa shape index (κ1) is 17.2. The van der Waals surface area contributed by atoms with Crippen LogP contribution in [0.2, 0.25) is 0 Å². The quantitative estimate of drug-likeness (QED) is 0.751. The van der Waals surface area contributed by atoms with Gasteiger partial charge in [0.05, 0.1) is 16.7 Å². The number of carbonyl (C=O) groups excluding carboxylic acids is 1. The molecule has 2 N–H and O–H groups in total. The summed E-state index contributed by atoms with van der Waals surface area (Å²) in [7, 11) is 0. The zero-order valence-corrected chi connectivity index (χ0v) is 14.5. The third kappa shape index (κ3) is 4.41. The van der Waals surface area contributed by atoms with Gasteiger partial charge in [-0.05, 0) is 35.8 Å². The van der Waals surface area contributed by atoms with Crippen LogP contribution in [0.5, 0.6) is 0 Å². The topological polar surface area (TPSA) is 102 Å². The fourth-order valence-electron chi connectivity index (χ4n) is 2.10. The smallest absolute Gasteiger partial charge is 0.356 e. The number of amides is 1. The molecule has 23 heavy (non-hydrogen) atoms. The number of hydrogen-bond acceptors (Lipinski definition) is 4. The molecule has 8 nitrogen and oxygen atoms in total. The molecule has 0 aliphatic heterocycles. The zero-order valence-electron chi connectivity index (χ0n) is 12.9. The lowest BCUT2D eigenvalue weighted by Gasteiger charge is -2.07. The van der Waals surface area contributed by atoms with Crippen LogP contribution in [0, 0.1) is 13.8 Å². The minimum Gasteiger partial charge on any atom is -0.476 e. The van der Waals surface area contributed by atoms with Gasteiger partial charge in [0.25, 0.3) is 0 Å². The molecular weight excluding hydrogens is 366 g/mol. The molecule has 2 rings (SSSR count). The Morgan fingerprint density at radius 2 is 2.04 bits per heavy atom. The van der Waals surface area contributed by atoms with Gasteiger partial charge >= 0.3 is 5.97 Å². The van der Waals surface area contributed by atoms with Crippen LogP contribution in [0.15, 0.2) is 16.7 Å². The third-order valence-corrected chi connectivity index (χ3v) is 4.51. The molecule has 0 aliphatic carbocycles. The van der Waals surface area contributed by atoms with E-state index >= 15 is 0 Å². The van der Waals surface area contributed by atoms with Gasteiger partial charge in [0.1, 0.15) is 0 Å². The highest BCUT2D eigenvalue weighted by Gasteiger charge is 2.10. The minimum atomic E-state index is -1.08. The maximum absolute atomic E-state index is 11.8. The van der Waals surface area contributed by atoms with Gasteiger partial charge in [0, 0.05) is 31.4 Å². The summed E-state index contributed by atoms with van der Waals surface area (Å²) in [5.74, 6) is -1.19. The van der Waals surface area contributed by atoms with Crippen molar-refractivity contribution < 1.29 is 14.7 Å². The van der Waals surface area contributed by atoms with E-state index in [4.69, 9.17) is 5.11 Å². The van der Waals surface area contributed by atoms with Gasteiger partial charge < -0.3 is 10.4 Å². The number of aromatic carboxylic acids is 1. The summed E-state index contributed by atoms with van der Waals surface area (Å²) >= 11 is 3.46. The summed E-state index contributed by atoms with van der Waals surface area (Å²) in [4.78, 5) is 22.5. The number of aryl methyl sites for hydroxylation is 2. The van der Waals surface area contributed by atoms with Crippen LogP contribution in [0.1, 0.15) is 28.3 Å². The van der Waals surface area contributed by atoms with Gasteiger partial charge in [0.15, 0.2) is 5.69 Å². The Bertz CT molecular complexity index is 722. The van der Waals surface area contributed by atoms with Crippen LogP contribution in [0.4, 0.5) is 0 Å². The average molecular weight is 384 g/mol. The second-order valence-electron chi connectivity index (χ2n) is 5.08. The molecule has 124 valence electrons. The molecule has 0 fully saturated rings. The molecule has 0 spiro atoms. The van der Waals surface area contributed by atoms with Gasteiger partial charge in [-0.1, -0.05) is 0 Å². The van der Waals surface area contributed by atoms with Crippen molar-refractivity contribution in [3.8, 4) is 0 Å². The molecule has 0 saturated heterocycles. The van der Waals surface area contributed by atoms with Gasteiger partial charge in [-0.3, -0.25) is 14.2 Å². The van der Waals surface area contributed by atoms with E-state index in [1.165, 1.54) is 10.7 Å². The van der Waals surface area contributed by atoms with Crippen molar-refractivity contribution in [3.05, 3.63) is 33.8 Å². The SMILES string of the molecule is Cc1nn(CCNC(=O)CCn2ccc(C(=O)O)n2)c(C)c1Br. The number of carboxylic acid groups (broad SMARTS) is 1. The number of nitrogens with one attached hydrogen (secondary N) is 1. The van der Waals surface area contributed by atoms with Crippen molar-refractivity contribution in [1.29, 1.82) is 0 Å². The van der Waals surface area contributed by atoms with E-state index < -0.39 is 5.97 Å². The molecule has 0 unspecified atom stereocenters. The second kappa shape index (κ2) is 7.40. The second-order valence-corrected chi connectivity index (χ2v) is 5.87. The maximum atomic E-state index is 11.8. The van der Waals surface area contributed by atoms with Crippen molar-refractivity contribution in [3.63, 3.8) is 0 Å². The normalized spacial score (nSPS) is 10.7. The molecule has 2 aromatic heterocycles. The van der Waals surface area contributed by atoms with Crippen molar-refractivity contribution >= 4 is 27.8 Å². The highest BCUT2D eigenvalue weighted by Crippen LogP contribution is 2.19. The van der Waals surface area contributed by atoms with Crippen LogP contribution < -0.4 is 5.32 Å². The van der Waals surface area contributed by atoms with Crippen molar-refractivity contribution in [2.45, 2.75) is 33.4 Å². The Hall–Kier alpha value is -2.16. The minimum absolute atomic E-state index is 0.0273. The molecule has 0 atom stereocenters. The number of rotatable bonds is 7. The third-order valence-electron chi connectivity index (χ3n) is 3.37. The van der Waals surface area contributed by atoms with Crippen LogP contribution >= 0.6 is 15.9 Å². The van der Waals surface area contributed by atoms with E-state index in [0.717, 1.165) is 15.9 Å². The van der Waals surface area contributed by atoms with Crippen LogP contribution in [-0.4, -0.2) is 43.1 Å². The first-order valence-electron chi connectivity index (χ1n) is 7.11.